The third-order valence-corrected chi connectivity index (χ3v) is 5.98. The molecule has 0 saturated heterocycles. The van der Waals surface area contributed by atoms with Gasteiger partial charge >= 0.3 is 0 Å². The predicted octanol–water partition coefficient (Wildman–Crippen LogP) is 5.34. The van der Waals surface area contributed by atoms with Crippen LogP contribution in [-0.4, -0.2) is 20.6 Å². The molecule has 3 aromatic rings. The van der Waals surface area contributed by atoms with Crippen molar-refractivity contribution in [1.82, 2.24) is 14.5 Å². The van der Waals surface area contributed by atoms with Gasteiger partial charge in [-0.2, -0.15) is 4.98 Å². The molecule has 1 aliphatic carbocycles. The standard InChI is InChI=1S/C25H32N4O/c1-17(2)13-18(3)27-25-26-16-21-15-20(14-19-9-5-4-6-10-19)24(30)29(23(21)28-25)22-11-7-8-12-22/h4-6,9-10,15-18,22H,7-8,11-14H2,1-3H3,(H,26,27,28). The smallest absolute Gasteiger partial charge is 0.256 e. The Bertz CT molecular complexity index is 1050. The second-order valence-corrected chi connectivity index (χ2v) is 9.09. The zero-order valence-electron chi connectivity index (χ0n) is 18.3. The van der Waals surface area contributed by atoms with Crippen molar-refractivity contribution < 1.29 is 0 Å². The summed E-state index contributed by atoms with van der Waals surface area (Å²) in [6.07, 6.45) is 7.97. The Hall–Kier alpha value is -2.69. The van der Waals surface area contributed by atoms with Crippen molar-refractivity contribution in [3.63, 3.8) is 0 Å². The summed E-state index contributed by atoms with van der Waals surface area (Å²) in [5.41, 5.74) is 2.82. The SMILES string of the molecule is CC(C)CC(C)Nc1ncc2cc(Cc3ccccc3)c(=O)n(C3CCCC3)c2n1. The summed E-state index contributed by atoms with van der Waals surface area (Å²) >= 11 is 0. The molecule has 0 bridgehead atoms. The van der Waals surface area contributed by atoms with Crippen LogP contribution in [0, 0.1) is 5.92 Å². The molecule has 1 unspecified atom stereocenters. The van der Waals surface area contributed by atoms with Crippen LogP contribution in [-0.2, 0) is 6.42 Å². The second kappa shape index (κ2) is 8.99. The molecule has 1 N–H and O–H groups in total. The van der Waals surface area contributed by atoms with Crippen molar-refractivity contribution in [1.29, 1.82) is 0 Å². The van der Waals surface area contributed by atoms with Gasteiger partial charge in [-0.3, -0.25) is 9.36 Å². The number of hydrogen-bond acceptors (Lipinski definition) is 4. The van der Waals surface area contributed by atoms with Gasteiger partial charge in [0.25, 0.3) is 5.56 Å². The minimum absolute atomic E-state index is 0.0955. The van der Waals surface area contributed by atoms with Crippen LogP contribution in [0.1, 0.15) is 70.0 Å². The van der Waals surface area contributed by atoms with Crippen LogP contribution in [0.25, 0.3) is 11.0 Å². The third-order valence-electron chi connectivity index (χ3n) is 5.98. The van der Waals surface area contributed by atoms with Gasteiger partial charge in [0, 0.05) is 35.7 Å². The van der Waals surface area contributed by atoms with Crippen LogP contribution in [0.4, 0.5) is 5.95 Å². The van der Waals surface area contributed by atoms with E-state index in [2.05, 4.69) is 43.2 Å². The highest BCUT2D eigenvalue weighted by molar-refractivity contribution is 5.76. The topological polar surface area (TPSA) is 59.8 Å². The predicted molar refractivity (Wildman–Crippen MR) is 123 cm³/mol. The molecule has 1 saturated carbocycles. The molecule has 158 valence electrons. The summed E-state index contributed by atoms with van der Waals surface area (Å²) in [5, 5.41) is 4.36. The van der Waals surface area contributed by atoms with E-state index in [4.69, 9.17) is 4.98 Å². The number of benzene rings is 1. The molecule has 2 aromatic heterocycles. The van der Waals surface area contributed by atoms with Gasteiger partial charge in [0.2, 0.25) is 5.95 Å². The summed E-state index contributed by atoms with van der Waals surface area (Å²) in [6, 6.07) is 12.7. The van der Waals surface area contributed by atoms with Crippen molar-refractivity contribution in [3.8, 4) is 0 Å². The lowest BCUT2D eigenvalue weighted by Gasteiger charge is -2.20. The minimum atomic E-state index is 0.0955. The molecule has 30 heavy (non-hydrogen) atoms. The van der Waals surface area contributed by atoms with E-state index in [1.165, 1.54) is 12.8 Å². The number of hydrogen-bond donors (Lipinski definition) is 1. The molecule has 5 heteroatoms. The minimum Gasteiger partial charge on any atom is -0.352 e. The highest BCUT2D eigenvalue weighted by Crippen LogP contribution is 2.31. The molecule has 0 amide bonds. The molecule has 1 fully saturated rings. The van der Waals surface area contributed by atoms with E-state index in [1.54, 1.807) is 0 Å². The molecule has 0 aliphatic heterocycles. The lowest BCUT2D eigenvalue weighted by Crippen LogP contribution is -2.28. The fourth-order valence-electron chi connectivity index (χ4n) is 4.68. The first kappa shape index (κ1) is 20.6. The number of nitrogens with one attached hydrogen (secondary N) is 1. The van der Waals surface area contributed by atoms with Crippen molar-refractivity contribution >= 4 is 17.0 Å². The summed E-state index contributed by atoms with van der Waals surface area (Å²) in [6.45, 7) is 6.58. The van der Waals surface area contributed by atoms with Gasteiger partial charge in [0.15, 0.2) is 0 Å². The third kappa shape index (κ3) is 4.55. The average Bonchev–Trinajstić information content (AvgIpc) is 3.23. The second-order valence-electron chi connectivity index (χ2n) is 9.09. The molecule has 4 rings (SSSR count). The van der Waals surface area contributed by atoms with Crippen LogP contribution < -0.4 is 10.9 Å². The summed E-state index contributed by atoms with van der Waals surface area (Å²) < 4.78 is 1.96. The molecular weight excluding hydrogens is 372 g/mol. The van der Waals surface area contributed by atoms with Crippen molar-refractivity contribution in [3.05, 3.63) is 64.1 Å². The van der Waals surface area contributed by atoms with Gasteiger partial charge in [-0.15, -0.1) is 0 Å². The van der Waals surface area contributed by atoms with E-state index in [-0.39, 0.29) is 17.6 Å². The monoisotopic (exact) mass is 404 g/mol. The lowest BCUT2D eigenvalue weighted by molar-refractivity contribution is 0.512. The Morgan fingerprint density at radius 1 is 1.13 bits per heavy atom. The van der Waals surface area contributed by atoms with E-state index >= 15 is 0 Å². The largest absolute Gasteiger partial charge is 0.352 e. The number of aromatic nitrogens is 3. The quantitative estimate of drug-likeness (QED) is 0.577. The van der Waals surface area contributed by atoms with Gasteiger partial charge in [-0.1, -0.05) is 57.0 Å². The molecular formula is C25H32N4O. The molecule has 1 aromatic carbocycles. The van der Waals surface area contributed by atoms with E-state index in [0.717, 1.165) is 41.4 Å². The van der Waals surface area contributed by atoms with E-state index in [9.17, 15) is 4.79 Å². The molecule has 5 nitrogen and oxygen atoms in total. The first-order valence-corrected chi connectivity index (χ1v) is 11.2. The van der Waals surface area contributed by atoms with Crippen LogP contribution in [0.3, 0.4) is 0 Å². The lowest BCUT2D eigenvalue weighted by atomic mass is 10.0. The molecule has 2 heterocycles. The number of fused-ring (bicyclic) bond motifs is 1. The molecule has 1 atom stereocenters. The average molecular weight is 405 g/mol. The zero-order valence-corrected chi connectivity index (χ0v) is 18.3. The Morgan fingerprint density at radius 3 is 2.57 bits per heavy atom. The first-order chi connectivity index (χ1) is 14.5. The maximum Gasteiger partial charge on any atom is 0.256 e. The maximum absolute atomic E-state index is 13.5. The van der Waals surface area contributed by atoms with Gasteiger partial charge in [-0.25, -0.2) is 4.98 Å². The van der Waals surface area contributed by atoms with Crippen molar-refractivity contribution in [2.45, 2.75) is 71.4 Å². The zero-order chi connectivity index (χ0) is 21.1. The van der Waals surface area contributed by atoms with Crippen LogP contribution in [0.5, 0.6) is 0 Å². The first-order valence-electron chi connectivity index (χ1n) is 11.2. The van der Waals surface area contributed by atoms with E-state index in [0.29, 0.717) is 18.3 Å². The van der Waals surface area contributed by atoms with Gasteiger partial charge in [0.1, 0.15) is 5.65 Å². The highest BCUT2D eigenvalue weighted by Gasteiger charge is 2.23. The Labute approximate surface area is 178 Å². The summed E-state index contributed by atoms with van der Waals surface area (Å²) in [5.74, 6) is 1.21. The van der Waals surface area contributed by atoms with E-state index < -0.39 is 0 Å². The number of pyridine rings is 1. The van der Waals surface area contributed by atoms with Gasteiger partial charge < -0.3 is 5.32 Å². The Morgan fingerprint density at radius 2 is 1.87 bits per heavy atom. The molecule has 0 radical (unpaired) electrons. The van der Waals surface area contributed by atoms with Crippen LogP contribution in [0.15, 0.2) is 47.4 Å². The van der Waals surface area contributed by atoms with Crippen molar-refractivity contribution in [2.24, 2.45) is 5.92 Å². The van der Waals surface area contributed by atoms with Crippen LogP contribution in [0.2, 0.25) is 0 Å². The summed E-state index contributed by atoms with van der Waals surface area (Å²) in [4.78, 5) is 22.9. The summed E-state index contributed by atoms with van der Waals surface area (Å²) in [7, 11) is 0. The van der Waals surface area contributed by atoms with Gasteiger partial charge in [0.05, 0.1) is 0 Å². The highest BCUT2D eigenvalue weighted by atomic mass is 16.1. The molecule has 1 aliphatic rings. The van der Waals surface area contributed by atoms with E-state index in [1.807, 2.05) is 35.0 Å². The van der Waals surface area contributed by atoms with Crippen LogP contribution >= 0.6 is 0 Å². The number of nitrogens with zero attached hydrogens (tertiary/aromatic N) is 3. The normalized spacial score (nSPS) is 15.7. The fraction of sp³-hybridized carbons (Fsp3) is 0.480. The fourth-order valence-corrected chi connectivity index (χ4v) is 4.68. The maximum atomic E-state index is 13.5. The number of anilines is 1. The Balaban J connectivity index is 1.76. The van der Waals surface area contributed by atoms with Crippen molar-refractivity contribution in [2.75, 3.05) is 5.32 Å². The number of rotatable bonds is 7. The molecule has 0 spiro atoms. The van der Waals surface area contributed by atoms with Gasteiger partial charge in [-0.05, 0) is 43.7 Å². The Kier molecular flexibility index (Phi) is 6.16.